The molecule has 0 aromatic carbocycles. The lowest BCUT2D eigenvalue weighted by Crippen LogP contribution is -2.34. The Morgan fingerprint density at radius 3 is 2.90 bits per heavy atom. The first-order chi connectivity index (χ1) is 14.8. The van der Waals surface area contributed by atoms with Crippen molar-refractivity contribution in [3.63, 3.8) is 0 Å². The fourth-order valence-corrected chi connectivity index (χ4v) is 4.16. The van der Waals surface area contributed by atoms with E-state index in [2.05, 4.69) is 33.1 Å². The minimum Gasteiger partial charge on any atom is -0.481 e. The van der Waals surface area contributed by atoms with E-state index in [9.17, 15) is 0 Å². The molecule has 4 aromatic rings. The van der Waals surface area contributed by atoms with E-state index in [4.69, 9.17) is 14.8 Å². The van der Waals surface area contributed by atoms with Gasteiger partial charge < -0.3 is 4.74 Å². The predicted octanol–water partition coefficient (Wildman–Crippen LogP) is 3.57. The Hall–Kier alpha value is -3.32. The summed E-state index contributed by atoms with van der Waals surface area (Å²) in [6.07, 6.45) is 9.68. The smallest absolute Gasteiger partial charge is 0.217 e. The molecule has 0 unspecified atom stereocenters. The van der Waals surface area contributed by atoms with Gasteiger partial charge in [0.1, 0.15) is 0 Å². The van der Waals surface area contributed by atoms with Crippen molar-refractivity contribution in [2.24, 2.45) is 0 Å². The summed E-state index contributed by atoms with van der Waals surface area (Å²) in [5, 5.41) is 4.82. The summed E-state index contributed by atoms with van der Waals surface area (Å²) in [4.78, 5) is 15.8. The van der Waals surface area contributed by atoms with Crippen molar-refractivity contribution in [3.8, 4) is 17.0 Å². The molecule has 7 heteroatoms. The van der Waals surface area contributed by atoms with E-state index in [-0.39, 0.29) is 0 Å². The van der Waals surface area contributed by atoms with Crippen LogP contribution in [0.25, 0.3) is 16.8 Å². The lowest BCUT2D eigenvalue weighted by Gasteiger charge is -2.31. The topological polar surface area (TPSA) is 68.4 Å². The average molecular weight is 400 g/mol. The van der Waals surface area contributed by atoms with E-state index in [0.29, 0.717) is 11.8 Å². The molecule has 5 rings (SSSR count). The number of aromatic nitrogens is 5. The molecule has 7 nitrogen and oxygen atoms in total. The maximum absolute atomic E-state index is 5.42. The van der Waals surface area contributed by atoms with E-state index in [1.165, 1.54) is 0 Å². The second-order valence-corrected chi connectivity index (χ2v) is 7.68. The molecule has 5 heterocycles. The third kappa shape index (κ3) is 3.76. The lowest BCUT2D eigenvalue weighted by atomic mass is 9.97. The minimum atomic E-state index is 0.322. The Labute approximate surface area is 175 Å². The molecule has 1 aliphatic rings. The molecule has 1 aliphatic heterocycles. The van der Waals surface area contributed by atoms with Gasteiger partial charge >= 0.3 is 0 Å². The van der Waals surface area contributed by atoms with E-state index in [1.807, 2.05) is 35.1 Å². The number of hydrogen-bond acceptors (Lipinski definition) is 6. The second kappa shape index (κ2) is 8.20. The standard InChI is InChI=1S/C23H24N6O/c1-30-23-20(6-3-11-25-23)15-28-12-4-7-19(14-28)22-26-21-9-8-18(16-29(21)27-22)17-5-2-10-24-13-17/h2-3,5-6,8-11,13,16,19H,4,7,12,14-15H2,1H3/t19-/m1/s1. The molecule has 0 N–H and O–H groups in total. The number of pyridine rings is 3. The molecule has 4 aromatic heterocycles. The van der Waals surface area contributed by atoms with E-state index >= 15 is 0 Å². The van der Waals surface area contributed by atoms with Crippen molar-refractivity contribution >= 4 is 5.65 Å². The summed E-state index contributed by atoms with van der Waals surface area (Å²) in [5.41, 5.74) is 4.15. The van der Waals surface area contributed by atoms with Gasteiger partial charge in [0, 0.05) is 60.5 Å². The molecular weight excluding hydrogens is 376 g/mol. The maximum Gasteiger partial charge on any atom is 0.217 e. The van der Waals surface area contributed by atoms with Gasteiger partial charge in [-0.3, -0.25) is 9.88 Å². The Balaban J connectivity index is 1.36. The SMILES string of the molecule is COc1ncccc1CN1CCC[C@@H](c2nc3ccc(-c4cccnc4)cn3n2)C1. The normalized spacial score (nSPS) is 17.3. The molecule has 1 saturated heterocycles. The van der Waals surface area contributed by atoms with Crippen molar-refractivity contribution in [2.45, 2.75) is 25.3 Å². The van der Waals surface area contributed by atoms with Crippen molar-refractivity contribution in [2.75, 3.05) is 20.2 Å². The van der Waals surface area contributed by atoms with Crippen molar-refractivity contribution in [3.05, 3.63) is 72.6 Å². The Morgan fingerprint density at radius 2 is 2.03 bits per heavy atom. The van der Waals surface area contributed by atoms with Gasteiger partial charge in [-0.25, -0.2) is 14.5 Å². The van der Waals surface area contributed by atoms with Crippen molar-refractivity contribution in [1.29, 1.82) is 0 Å². The van der Waals surface area contributed by atoms with Crippen LogP contribution < -0.4 is 4.74 Å². The van der Waals surface area contributed by atoms with Crippen LogP contribution in [0, 0.1) is 0 Å². The van der Waals surface area contributed by atoms with Crippen LogP contribution >= 0.6 is 0 Å². The molecule has 0 radical (unpaired) electrons. The average Bonchev–Trinajstić information content (AvgIpc) is 3.24. The van der Waals surface area contributed by atoms with Gasteiger partial charge in [0.05, 0.1) is 7.11 Å². The predicted molar refractivity (Wildman–Crippen MR) is 114 cm³/mol. The molecular formula is C23H24N6O. The largest absolute Gasteiger partial charge is 0.481 e. The Bertz CT molecular complexity index is 1140. The first-order valence-electron chi connectivity index (χ1n) is 10.3. The molecule has 0 bridgehead atoms. The highest BCUT2D eigenvalue weighted by molar-refractivity contribution is 5.63. The summed E-state index contributed by atoms with van der Waals surface area (Å²) >= 11 is 0. The minimum absolute atomic E-state index is 0.322. The molecule has 0 aliphatic carbocycles. The van der Waals surface area contributed by atoms with Crippen LogP contribution in [-0.4, -0.2) is 49.7 Å². The fourth-order valence-electron chi connectivity index (χ4n) is 4.16. The van der Waals surface area contributed by atoms with Crippen molar-refractivity contribution in [1.82, 2.24) is 29.5 Å². The molecule has 30 heavy (non-hydrogen) atoms. The molecule has 152 valence electrons. The summed E-state index contributed by atoms with van der Waals surface area (Å²) in [7, 11) is 1.67. The highest BCUT2D eigenvalue weighted by Crippen LogP contribution is 2.28. The maximum atomic E-state index is 5.42. The number of piperidine rings is 1. The molecule has 1 fully saturated rings. The lowest BCUT2D eigenvalue weighted by molar-refractivity contribution is 0.194. The van der Waals surface area contributed by atoms with Crippen LogP contribution in [0.4, 0.5) is 0 Å². The van der Waals surface area contributed by atoms with Crippen LogP contribution in [0.15, 0.2) is 61.2 Å². The van der Waals surface area contributed by atoms with E-state index in [1.54, 1.807) is 19.5 Å². The zero-order valence-electron chi connectivity index (χ0n) is 17.0. The van der Waals surface area contributed by atoms with Gasteiger partial charge in [-0.2, -0.15) is 5.10 Å². The molecule has 0 spiro atoms. The summed E-state index contributed by atoms with van der Waals surface area (Å²) in [6, 6.07) is 12.1. The number of hydrogen-bond donors (Lipinski definition) is 0. The highest BCUT2D eigenvalue weighted by Gasteiger charge is 2.25. The first kappa shape index (κ1) is 18.7. The summed E-state index contributed by atoms with van der Waals surface area (Å²) < 4.78 is 7.31. The molecule has 0 saturated carbocycles. The zero-order valence-corrected chi connectivity index (χ0v) is 17.0. The zero-order chi connectivity index (χ0) is 20.3. The van der Waals surface area contributed by atoms with E-state index < -0.39 is 0 Å². The first-order valence-corrected chi connectivity index (χ1v) is 10.3. The number of ether oxygens (including phenoxy) is 1. The van der Waals surface area contributed by atoms with Gasteiger partial charge in [-0.15, -0.1) is 0 Å². The number of fused-ring (bicyclic) bond motifs is 1. The third-order valence-corrected chi connectivity index (χ3v) is 5.65. The van der Waals surface area contributed by atoms with Crippen LogP contribution in [0.1, 0.15) is 30.1 Å². The summed E-state index contributed by atoms with van der Waals surface area (Å²) in [6.45, 7) is 2.82. The number of rotatable bonds is 5. The number of methoxy groups -OCH3 is 1. The number of nitrogens with zero attached hydrogens (tertiary/aromatic N) is 6. The fraction of sp³-hybridized carbons (Fsp3) is 0.304. The Morgan fingerprint density at radius 1 is 1.10 bits per heavy atom. The Kier molecular flexibility index (Phi) is 5.11. The molecule has 1 atom stereocenters. The molecule has 0 amide bonds. The van der Waals surface area contributed by atoms with E-state index in [0.717, 1.165) is 60.6 Å². The van der Waals surface area contributed by atoms with Crippen molar-refractivity contribution < 1.29 is 4.74 Å². The van der Waals surface area contributed by atoms with Crippen LogP contribution in [0.2, 0.25) is 0 Å². The van der Waals surface area contributed by atoms with Crippen LogP contribution in [-0.2, 0) is 6.54 Å². The van der Waals surface area contributed by atoms with Gasteiger partial charge in [0.2, 0.25) is 5.88 Å². The van der Waals surface area contributed by atoms with Crippen LogP contribution in [0.5, 0.6) is 5.88 Å². The quantitative estimate of drug-likeness (QED) is 0.510. The van der Waals surface area contributed by atoms with Crippen LogP contribution in [0.3, 0.4) is 0 Å². The van der Waals surface area contributed by atoms with Gasteiger partial charge in [-0.1, -0.05) is 12.1 Å². The summed E-state index contributed by atoms with van der Waals surface area (Å²) in [5.74, 6) is 1.94. The number of likely N-dealkylation sites (tertiary alicyclic amines) is 1. The third-order valence-electron chi connectivity index (χ3n) is 5.65. The van der Waals surface area contributed by atoms with Gasteiger partial charge in [0.15, 0.2) is 11.5 Å². The monoisotopic (exact) mass is 400 g/mol. The van der Waals surface area contributed by atoms with Gasteiger partial charge in [-0.05, 0) is 43.7 Å². The highest BCUT2D eigenvalue weighted by atomic mass is 16.5. The second-order valence-electron chi connectivity index (χ2n) is 7.68. The van der Waals surface area contributed by atoms with Gasteiger partial charge in [0.25, 0.3) is 0 Å².